The normalized spacial score (nSPS) is 11.8. The average molecular weight is 293 g/mol. The second kappa shape index (κ2) is 6.78. The fourth-order valence-electron chi connectivity index (χ4n) is 1.16. The van der Waals surface area contributed by atoms with Crippen LogP contribution in [0.15, 0.2) is 17.1 Å². The lowest BCUT2D eigenvalue weighted by atomic mass is 10.2. The highest BCUT2D eigenvalue weighted by atomic mass is 35.5. The Morgan fingerprint density at radius 3 is 2.39 bits per heavy atom. The van der Waals surface area contributed by atoms with E-state index in [1.165, 1.54) is 12.1 Å². The first kappa shape index (κ1) is 15.0. The lowest BCUT2D eigenvalue weighted by Gasteiger charge is -2.11. The number of aliphatic imine (C=N–C) groups is 1. The van der Waals surface area contributed by atoms with Crippen LogP contribution in [0, 0.1) is 11.7 Å². The Bertz CT molecular complexity index is 426. The van der Waals surface area contributed by atoms with Crippen molar-refractivity contribution in [3.8, 4) is 0 Å². The van der Waals surface area contributed by atoms with Gasteiger partial charge in [0.15, 0.2) is 5.82 Å². The van der Waals surface area contributed by atoms with Crippen molar-refractivity contribution in [2.45, 2.75) is 13.8 Å². The number of hydrogen-bond donors (Lipinski definition) is 3. The highest BCUT2D eigenvalue weighted by molar-refractivity contribution is 6.35. The third kappa shape index (κ3) is 4.33. The van der Waals surface area contributed by atoms with E-state index in [4.69, 9.17) is 29.0 Å². The maximum absolute atomic E-state index is 13.2. The van der Waals surface area contributed by atoms with E-state index in [1.54, 1.807) is 0 Å². The summed E-state index contributed by atoms with van der Waals surface area (Å²) in [5.41, 5.74) is 2.92. The SMILES string of the molecule is CC(C)CN=C(NN)Nc1cc(Cl)c(F)c(Cl)c1. The number of hydrazine groups is 1. The molecule has 0 aliphatic carbocycles. The van der Waals surface area contributed by atoms with E-state index < -0.39 is 5.82 Å². The van der Waals surface area contributed by atoms with Crippen molar-refractivity contribution >= 4 is 34.8 Å². The molecule has 0 heterocycles. The second-order valence-electron chi connectivity index (χ2n) is 4.11. The molecule has 1 aromatic rings. The molecule has 0 fully saturated rings. The molecule has 4 nitrogen and oxygen atoms in total. The highest BCUT2D eigenvalue weighted by Gasteiger charge is 2.08. The zero-order valence-electron chi connectivity index (χ0n) is 10.1. The molecule has 1 aromatic carbocycles. The zero-order chi connectivity index (χ0) is 13.7. The molecule has 0 aliphatic rings. The summed E-state index contributed by atoms with van der Waals surface area (Å²) < 4.78 is 13.2. The van der Waals surface area contributed by atoms with Crippen LogP contribution in [0.4, 0.5) is 10.1 Å². The van der Waals surface area contributed by atoms with Gasteiger partial charge in [0.25, 0.3) is 0 Å². The van der Waals surface area contributed by atoms with Crippen LogP contribution in [0.1, 0.15) is 13.8 Å². The van der Waals surface area contributed by atoms with Crippen molar-refractivity contribution in [1.82, 2.24) is 5.43 Å². The average Bonchev–Trinajstić information content (AvgIpc) is 2.31. The Morgan fingerprint density at radius 2 is 1.94 bits per heavy atom. The molecule has 0 saturated carbocycles. The lowest BCUT2D eigenvalue weighted by molar-refractivity contribution is 0.629. The lowest BCUT2D eigenvalue weighted by Crippen LogP contribution is -2.36. The van der Waals surface area contributed by atoms with Gasteiger partial charge in [-0.15, -0.1) is 0 Å². The number of anilines is 1. The van der Waals surface area contributed by atoms with Gasteiger partial charge in [-0.2, -0.15) is 0 Å². The van der Waals surface area contributed by atoms with Crippen molar-refractivity contribution in [1.29, 1.82) is 0 Å². The fraction of sp³-hybridized carbons (Fsp3) is 0.364. The molecule has 0 saturated heterocycles. The topological polar surface area (TPSA) is 62.4 Å². The third-order valence-electron chi connectivity index (χ3n) is 2.00. The minimum atomic E-state index is -0.648. The van der Waals surface area contributed by atoms with Crippen molar-refractivity contribution in [2.75, 3.05) is 11.9 Å². The van der Waals surface area contributed by atoms with Crippen molar-refractivity contribution < 1.29 is 4.39 Å². The van der Waals surface area contributed by atoms with Gasteiger partial charge >= 0.3 is 0 Å². The summed E-state index contributed by atoms with van der Waals surface area (Å²) >= 11 is 11.4. The van der Waals surface area contributed by atoms with Gasteiger partial charge in [0, 0.05) is 12.2 Å². The van der Waals surface area contributed by atoms with E-state index in [2.05, 4.69) is 15.7 Å². The Hall–Kier alpha value is -1.04. The molecule has 0 aromatic heterocycles. The molecule has 18 heavy (non-hydrogen) atoms. The van der Waals surface area contributed by atoms with Gasteiger partial charge in [-0.3, -0.25) is 10.4 Å². The quantitative estimate of drug-likeness (QED) is 0.264. The number of halogens is 3. The summed E-state index contributed by atoms with van der Waals surface area (Å²) in [5, 5.41) is 2.74. The summed E-state index contributed by atoms with van der Waals surface area (Å²) in [6, 6.07) is 2.82. The molecular weight excluding hydrogens is 278 g/mol. The first-order valence-electron chi connectivity index (χ1n) is 5.36. The van der Waals surface area contributed by atoms with Crippen molar-refractivity contribution in [3.05, 3.63) is 28.0 Å². The maximum Gasteiger partial charge on any atom is 0.210 e. The number of nitrogens with one attached hydrogen (secondary N) is 2. The van der Waals surface area contributed by atoms with Gasteiger partial charge in [0.1, 0.15) is 0 Å². The van der Waals surface area contributed by atoms with Crippen LogP contribution in [0.25, 0.3) is 0 Å². The number of benzene rings is 1. The summed E-state index contributed by atoms with van der Waals surface area (Å²) in [5.74, 6) is 5.44. The van der Waals surface area contributed by atoms with Gasteiger partial charge in [-0.25, -0.2) is 10.2 Å². The van der Waals surface area contributed by atoms with Crippen LogP contribution in [0.3, 0.4) is 0 Å². The predicted octanol–water partition coefficient (Wildman–Crippen LogP) is 3.02. The Morgan fingerprint density at radius 1 is 1.39 bits per heavy atom. The molecule has 100 valence electrons. The third-order valence-corrected chi connectivity index (χ3v) is 2.55. The molecule has 0 radical (unpaired) electrons. The molecule has 0 atom stereocenters. The van der Waals surface area contributed by atoms with Crippen LogP contribution in [0.2, 0.25) is 10.0 Å². The summed E-state index contributed by atoms with van der Waals surface area (Å²) in [6.45, 7) is 4.67. The van der Waals surface area contributed by atoms with Crippen molar-refractivity contribution in [3.63, 3.8) is 0 Å². The minimum absolute atomic E-state index is 0.0646. The molecule has 4 N–H and O–H groups in total. The van der Waals surface area contributed by atoms with E-state index >= 15 is 0 Å². The van der Waals surface area contributed by atoms with E-state index in [0.29, 0.717) is 24.1 Å². The number of nitrogens with zero attached hydrogens (tertiary/aromatic N) is 1. The Labute approximate surface area is 115 Å². The zero-order valence-corrected chi connectivity index (χ0v) is 11.6. The Balaban J connectivity index is 2.85. The molecule has 7 heteroatoms. The van der Waals surface area contributed by atoms with Crippen LogP contribution in [0.5, 0.6) is 0 Å². The van der Waals surface area contributed by atoms with E-state index in [9.17, 15) is 4.39 Å². The first-order valence-corrected chi connectivity index (χ1v) is 6.12. The fourth-order valence-corrected chi connectivity index (χ4v) is 1.65. The smallest absolute Gasteiger partial charge is 0.210 e. The van der Waals surface area contributed by atoms with Crippen LogP contribution in [-0.4, -0.2) is 12.5 Å². The molecular formula is C11H15Cl2FN4. The second-order valence-corrected chi connectivity index (χ2v) is 4.92. The highest BCUT2D eigenvalue weighted by Crippen LogP contribution is 2.27. The maximum atomic E-state index is 13.2. The Kier molecular flexibility index (Phi) is 5.65. The summed E-state index contributed by atoms with van der Waals surface area (Å²) in [4.78, 5) is 4.21. The predicted molar refractivity (Wildman–Crippen MR) is 74.5 cm³/mol. The monoisotopic (exact) mass is 292 g/mol. The molecule has 0 aliphatic heterocycles. The minimum Gasteiger partial charge on any atom is -0.325 e. The van der Waals surface area contributed by atoms with Gasteiger partial charge in [-0.1, -0.05) is 37.0 Å². The van der Waals surface area contributed by atoms with Crippen LogP contribution < -0.4 is 16.6 Å². The van der Waals surface area contributed by atoms with E-state index in [1.807, 2.05) is 13.8 Å². The number of guanidine groups is 1. The standard InChI is InChI=1S/C11H15Cl2FN4/c1-6(2)5-16-11(18-15)17-7-3-8(12)10(14)9(13)4-7/h3-4,6H,5,15H2,1-2H3,(H2,16,17,18). The van der Waals surface area contributed by atoms with E-state index in [-0.39, 0.29) is 10.0 Å². The molecule has 0 unspecified atom stereocenters. The molecule has 0 bridgehead atoms. The number of rotatable bonds is 3. The van der Waals surface area contributed by atoms with Gasteiger partial charge in [0.05, 0.1) is 10.0 Å². The van der Waals surface area contributed by atoms with Gasteiger partial charge in [0.2, 0.25) is 5.96 Å². The molecule has 0 spiro atoms. The number of hydrogen-bond acceptors (Lipinski definition) is 2. The summed E-state index contributed by atoms with van der Waals surface area (Å²) in [6.07, 6.45) is 0. The van der Waals surface area contributed by atoms with Crippen LogP contribution >= 0.6 is 23.2 Å². The largest absolute Gasteiger partial charge is 0.325 e. The van der Waals surface area contributed by atoms with Crippen LogP contribution in [-0.2, 0) is 0 Å². The number of nitrogens with two attached hydrogens (primary N) is 1. The van der Waals surface area contributed by atoms with E-state index in [0.717, 1.165) is 0 Å². The molecule has 1 rings (SSSR count). The first-order chi connectivity index (χ1) is 8.43. The molecule has 0 amide bonds. The van der Waals surface area contributed by atoms with Crippen molar-refractivity contribution in [2.24, 2.45) is 16.8 Å². The van der Waals surface area contributed by atoms with Gasteiger partial charge in [-0.05, 0) is 18.1 Å². The van der Waals surface area contributed by atoms with Gasteiger partial charge < -0.3 is 5.32 Å². The summed E-state index contributed by atoms with van der Waals surface area (Å²) in [7, 11) is 0.